The van der Waals surface area contributed by atoms with Crippen molar-refractivity contribution >= 4 is 17.5 Å². The average molecular weight is 253 g/mol. The minimum Gasteiger partial charge on any atom is -0.359 e. The Morgan fingerprint density at radius 3 is 2.44 bits per heavy atom. The smallest absolute Gasteiger partial charge is 0.305 e. The summed E-state index contributed by atoms with van der Waals surface area (Å²) in [7, 11) is 1.56. The lowest BCUT2D eigenvalue weighted by Gasteiger charge is -2.22. The van der Waals surface area contributed by atoms with Crippen molar-refractivity contribution in [2.45, 2.75) is 13.8 Å². The van der Waals surface area contributed by atoms with Crippen LogP contribution in [0.2, 0.25) is 0 Å². The second-order valence-corrected chi connectivity index (χ2v) is 4.34. The lowest BCUT2D eigenvalue weighted by molar-refractivity contribution is -0.385. The van der Waals surface area contributed by atoms with Gasteiger partial charge in [0.25, 0.3) is 0 Å². The Bertz CT molecular complexity index is 443. The number of nitrogens with one attached hydrogen (secondary N) is 2. The summed E-state index contributed by atoms with van der Waals surface area (Å²) in [4.78, 5) is 28.9. The van der Waals surface area contributed by atoms with Gasteiger partial charge in [-0.1, -0.05) is 0 Å². The first-order chi connectivity index (χ1) is 8.36. The van der Waals surface area contributed by atoms with Gasteiger partial charge in [-0.25, -0.2) is 9.97 Å². The molecule has 8 nitrogen and oxygen atoms in total. The van der Waals surface area contributed by atoms with E-state index < -0.39 is 10.3 Å². The van der Waals surface area contributed by atoms with Crippen LogP contribution in [0.5, 0.6) is 0 Å². The van der Waals surface area contributed by atoms with Gasteiger partial charge in [-0.15, -0.1) is 0 Å². The number of amides is 1. The molecule has 18 heavy (non-hydrogen) atoms. The molecule has 1 aromatic rings. The van der Waals surface area contributed by atoms with Crippen molar-refractivity contribution in [3.63, 3.8) is 0 Å². The third-order valence-electron chi connectivity index (χ3n) is 2.38. The van der Waals surface area contributed by atoms with Gasteiger partial charge in [0, 0.05) is 13.6 Å². The van der Waals surface area contributed by atoms with E-state index in [2.05, 4.69) is 20.6 Å². The minimum absolute atomic E-state index is 0.114. The van der Waals surface area contributed by atoms with E-state index in [0.717, 1.165) is 12.4 Å². The summed E-state index contributed by atoms with van der Waals surface area (Å²) in [5, 5.41) is 15.8. The van der Waals surface area contributed by atoms with Crippen molar-refractivity contribution in [1.29, 1.82) is 0 Å². The molecule has 0 aliphatic heterocycles. The molecule has 0 spiro atoms. The Labute approximate surface area is 104 Å². The minimum atomic E-state index is -0.625. The molecule has 8 heteroatoms. The number of hydrogen-bond acceptors (Lipinski definition) is 6. The number of carbonyl (C=O) groups is 1. The van der Waals surface area contributed by atoms with E-state index >= 15 is 0 Å². The van der Waals surface area contributed by atoms with E-state index in [-0.39, 0.29) is 17.5 Å². The summed E-state index contributed by atoms with van der Waals surface area (Å²) in [5.74, 6) is 0.134. The fraction of sp³-hybridized carbons (Fsp3) is 0.500. The van der Waals surface area contributed by atoms with Gasteiger partial charge >= 0.3 is 5.69 Å². The largest absolute Gasteiger partial charge is 0.359 e. The van der Waals surface area contributed by atoms with E-state index in [1.807, 2.05) is 0 Å². The van der Waals surface area contributed by atoms with Crippen LogP contribution in [0.25, 0.3) is 0 Å². The van der Waals surface area contributed by atoms with Crippen molar-refractivity contribution in [2.24, 2.45) is 5.41 Å². The molecule has 1 rings (SSSR count). The van der Waals surface area contributed by atoms with Gasteiger partial charge in [0.15, 0.2) is 0 Å². The molecule has 1 aromatic heterocycles. The highest BCUT2D eigenvalue weighted by molar-refractivity contribution is 5.82. The van der Waals surface area contributed by atoms with E-state index in [1.165, 1.54) is 0 Å². The first-order valence-electron chi connectivity index (χ1n) is 5.29. The molecule has 0 bridgehead atoms. The van der Waals surface area contributed by atoms with Crippen LogP contribution in [0, 0.1) is 15.5 Å². The lowest BCUT2D eigenvalue weighted by Crippen LogP contribution is -2.39. The molecule has 0 saturated carbocycles. The van der Waals surface area contributed by atoms with Crippen molar-refractivity contribution in [2.75, 3.05) is 18.9 Å². The molecule has 0 unspecified atom stereocenters. The maximum absolute atomic E-state index is 11.5. The summed E-state index contributed by atoms with van der Waals surface area (Å²) in [6.07, 6.45) is 2.23. The van der Waals surface area contributed by atoms with Crippen LogP contribution in [-0.4, -0.2) is 34.4 Å². The van der Waals surface area contributed by atoms with Crippen LogP contribution in [0.15, 0.2) is 12.4 Å². The maximum Gasteiger partial charge on any atom is 0.305 e. The number of nitro groups is 1. The second-order valence-electron chi connectivity index (χ2n) is 4.34. The lowest BCUT2D eigenvalue weighted by atomic mass is 9.92. The van der Waals surface area contributed by atoms with Crippen molar-refractivity contribution in [3.8, 4) is 0 Å². The quantitative estimate of drug-likeness (QED) is 0.586. The number of anilines is 1. The van der Waals surface area contributed by atoms with E-state index in [1.54, 1.807) is 20.9 Å². The zero-order valence-electron chi connectivity index (χ0n) is 10.4. The van der Waals surface area contributed by atoms with Crippen molar-refractivity contribution < 1.29 is 9.72 Å². The summed E-state index contributed by atoms with van der Waals surface area (Å²) in [6.45, 7) is 3.86. The number of rotatable bonds is 5. The maximum atomic E-state index is 11.5. The Morgan fingerprint density at radius 1 is 1.44 bits per heavy atom. The standard InChI is InChI=1S/C10H15N5O3/c1-10(2,8(16)11-3)6-14-9-12-4-7(5-13-9)15(17)18/h4-5H,6H2,1-3H3,(H,11,16)(H,12,13,14). The zero-order valence-corrected chi connectivity index (χ0v) is 10.4. The molecule has 0 fully saturated rings. The first-order valence-corrected chi connectivity index (χ1v) is 5.29. The molecular weight excluding hydrogens is 238 g/mol. The molecule has 2 N–H and O–H groups in total. The normalized spacial score (nSPS) is 10.8. The fourth-order valence-corrected chi connectivity index (χ4v) is 1.23. The molecule has 0 atom stereocenters. The number of carbonyl (C=O) groups excluding carboxylic acids is 1. The number of nitrogens with zero attached hydrogens (tertiary/aromatic N) is 3. The van der Waals surface area contributed by atoms with Gasteiger partial charge in [0.2, 0.25) is 11.9 Å². The van der Waals surface area contributed by atoms with E-state index in [4.69, 9.17) is 0 Å². The van der Waals surface area contributed by atoms with Crippen LogP contribution in [0.1, 0.15) is 13.8 Å². The molecule has 1 heterocycles. The molecular formula is C10H15N5O3. The average Bonchev–Trinajstić information content (AvgIpc) is 2.35. The Morgan fingerprint density at radius 2 is 2.00 bits per heavy atom. The highest BCUT2D eigenvalue weighted by Crippen LogP contribution is 2.16. The molecule has 0 radical (unpaired) electrons. The highest BCUT2D eigenvalue weighted by Gasteiger charge is 2.26. The van der Waals surface area contributed by atoms with Crippen LogP contribution in [-0.2, 0) is 4.79 Å². The predicted octanol–water partition coefficient (Wildman–Crippen LogP) is 0.569. The first kappa shape index (κ1) is 13.8. The summed E-state index contributed by atoms with van der Waals surface area (Å²) in [5.41, 5.74) is -0.800. The summed E-state index contributed by atoms with van der Waals surface area (Å²) < 4.78 is 0. The van der Waals surface area contributed by atoms with Crippen LogP contribution in [0.3, 0.4) is 0 Å². The van der Waals surface area contributed by atoms with Crippen LogP contribution >= 0.6 is 0 Å². The van der Waals surface area contributed by atoms with Gasteiger partial charge < -0.3 is 10.6 Å². The van der Waals surface area contributed by atoms with Crippen molar-refractivity contribution in [3.05, 3.63) is 22.5 Å². The molecule has 0 aromatic carbocycles. The zero-order chi connectivity index (χ0) is 13.8. The highest BCUT2D eigenvalue weighted by atomic mass is 16.6. The van der Waals surface area contributed by atoms with Gasteiger partial charge in [-0.3, -0.25) is 14.9 Å². The fourth-order valence-electron chi connectivity index (χ4n) is 1.23. The van der Waals surface area contributed by atoms with Gasteiger partial charge in [0.1, 0.15) is 12.4 Å². The Balaban J connectivity index is 2.64. The van der Waals surface area contributed by atoms with Crippen LogP contribution < -0.4 is 10.6 Å². The molecule has 0 aliphatic carbocycles. The molecule has 0 saturated heterocycles. The number of hydrogen-bond donors (Lipinski definition) is 2. The van der Waals surface area contributed by atoms with Crippen molar-refractivity contribution in [1.82, 2.24) is 15.3 Å². The number of aromatic nitrogens is 2. The van der Waals surface area contributed by atoms with Gasteiger partial charge in [-0.05, 0) is 13.8 Å². The SMILES string of the molecule is CNC(=O)C(C)(C)CNc1ncc([N+](=O)[O-])cn1. The van der Waals surface area contributed by atoms with E-state index in [0.29, 0.717) is 6.54 Å². The van der Waals surface area contributed by atoms with Gasteiger partial charge in [0.05, 0.1) is 10.3 Å². The predicted molar refractivity (Wildman–Crippen MR) is 65.0 cm³/mol. The molecule has 98 valence electrons. The van der Waals surface area contributed by atoms with E-state index in [9.17, 15) is 14.9 Å². The van der Waals surface area contributed by atoms with Crippen LogP contribution in [0.4, 0.5) is 11.6 Å². The Hall–Kier alpha value is -2.25. The Kier molecular flexibility index (Phi) is 4.13. The third-order valence-corrected chi connectivity index (χ3v) is 2.38. The molecule has 0 aliphatic rings. The summed E-state index contributed by atoms with van der Waals surface area (Å²) in [6, 6.07) is 0. The van der Waals surface area contributed by atoms with Gasteiger partial charge in [-0.2, -0.15) is 0 Å². The topological polar surface area (TPSA) is 110 Å². The monoisotopic (exact) mass is 253 g/mol. The molecule has 1 amide bonds. The second kappa shape index (κ2) is 5.39. The summed E-state index contributed by atoms with van der Waals surface area (Å²) >= 11 is 0. The third kappa shape index (κ3) is 3.37.